The molecule has 1 saturated heterocycles. The predicted octanol–water partition coefficient (Wildman–Crippen LogP) is 3.10. The average molecular weight is 268 g/mol. The Morgan fingerprint density at radius 2 is 2.10 bits per heavy atom. The van der Waals surface area contributed by atoms with Gasteiger partial charge in [0.25, 0.3) is 0 Å². The van der Waals surface area contributed by atoms with E-state index in [0.717, 1.165) is 35.9 Å². The molecular weight excluding hydrogens is 252 g/mol. The van der Waals surface area contributed by atoms with Crippen LogP contribution in [0.15, 0.2) is 22.6 Å². The molecule has 1 aromatic heterocycles. The van der Waals surface area contributed by atoms with E-state index in [4.69, 9.17) is 9.15 Å². The number of hydrogen-bond acceptors (Lipinski definition) is 4. The van der Waals surface area contributed by atoms with Gasteiger partial charge in [-0.15, -0.1) is 0 Å². The van der Waals surface area contributed by atoms with Crippen molar-refractivity contribution in [2.75, 3.05) is 13.2 Å². The van der Waals surface area contributed by atoms with Crippen LogP contribution < -0.4 is 0 Å². The molecule has 0 N–H and O–H groups in total. The Balaban J connectivity index is 1.85. The van der Waals surface area contributed by atoms with Crippen molar-refractivity contribution >= 4 is 11.1 Å². The SMILES string of the molecule is Cc1nc2ccc(C3(C4(C#N)CCC4)COC3)cc2o1. The molecule has 0 atom stereocenters. The van der Waals surface area contributed by atoms with E-state index in [2.05, 4.69) is 23.2 Å². The van der Waals surface area contributed by atoms with Gasteiger partial charge in [-0.3, -0.25) is 0 Å². The van der Waals surface area contributed by atoms with Crippen LogP contribution in [0.2, 0.25) is 0 Å². The second kappa shape index (κ2) is 3.83. The van der Waals surface area contributed by atoms with Crippen LogP contribution in [0.4, 0.5) is 0 Å². The van der Waals surface area contributed by atoms with Crippen molar-refractivity contribution in [2.24, 2.45) is 5.41 Å². The molecule has 0 unspecified atom stereocenters. The number of fused-ring (bicyclic) bond motifs is 1. The smallest absolute Gasteiger partial charge is 0.192 e. The van der Waals surface area contributed by atoms with Crippen LogP contribution in [-0.2, 0) is 10.2 Å². The zero-order valence-electron chi connectivity index (χ0n) is 11.5. The largest absolute Gasteiger partial charge is 0.441 e. The third-order valence-electron chi connectivity index (χ3n) is 5.08. The second-order valence-corrected chi connectivity index (χ2v) is 6.04. The molecule has 102 valence electrons. The quantitative estimate of drug-likeness (QED) is 0.839. The number of nitrogens with zero attached hydrogens (tertiary/aromatic N) is 2. The number of rotatable bonds is 2. The molecule has 4 nitrogen and oxygen atoms in total. The van der Waals surface area contributed by atoms with E-state index in [0.29, 0.717) is 19.1 Å². The summed E-state index contributed by atoms with van der Waals surface area (Å²) >= 11 is 0. The highest BCUT2D eigenvalue weighted by molar-refractivity contribution is 5.74. The van der Waals surface area contributed by atoms with Gasteiger partial charge >= 0.3 is 0 Å². The molecule has 1 aliphatic carbocycles. The highest BCUT2D eigenvalue weighted by Gasteiger charge is 2.60. The van der Waals surface area contributed by atoms with Crippen molar-refractivity contribution in [3.05, 3.63) is 29.7 Å². The number of oxazole rings is 1. The van der Waals surface area contributed by atoms with Crippen molar-refractivity contribution in [1.29, 1.82) is 5.26 Å². The van der Waals surface area contributed by atoms with Gasteiger partial charge in [0.1, 0.15) is 5.52 Å². The normalized spacial score (nSPS) is 22.8. The zero-order chi connectivity index (χ0) is 13.8. The summed E-state index contributed by atoms with van der Waals surface area (Å²) in [6.07, 6.45) is 3.08. The molecule has 2 aromatic rings. The number of hydrogen-bond donors (Lipinski definition) is 0. The van der Waals surface area contributed by atoms with Gasteiger partial charge in [0, 0.05) is 6.92 Å². The maximum atomic E-state index is 9.67. The lowest BCUT2D eigenvalue weighted by Crippen LogP contribution is -2.61. The fourth-order valence-electron chi connectivity index (χ4n) is 3.59. The standard InChI is InChI=1S/C16H16N2O2/c1-11-18-13-4-3-12(7-14(13)20-11)16(9-19-10-16)15(8-17)5-2-6-15/h3-4,7H,2,5-6,9-10H2,1H3. The Bertz CT molecular complexity index is 718. The van der Waals surface area contributed by atoms with Crippen LogP contribution in [0.1, 0.15) is 30.7 Å². The predicted molar refractivity (Wildman–Crippen MR) is 73.1 cm³/mol. The molecule has 1 saturated carbocycles. The summed E-state index contributed by atoms with van der Waals surface area (Å²) in [6.45, 7) is 3.13. The average Bonchev–Trinajstić information content (AvgIpc) is 2.70. The molecule has 0 amide bonds. The molecule has 0 bridgehead atoms. The Morgan fingerprint density at radius 1 is 1.30 bits per heavy atom. The van der Waals surface area contributed by atoms with E-state index in [1.165, 1.54) is 0 Å². The number of aromatic nitrogens is 1. The molecule has 4 rings (SSSR count). The summed E-state index contributed by atoms with van der Waals surface area (Å²) in [4.78, 5) is 4.33. The van der Waals surface area contributed by atoms with Crippen LogP contribution in [0, 0.1) is 23.7 Å². The van der Waals surface area contributed by atoms with Crippen molar-refractivity contribution in [3.8, 4) is 6.07 Å². The van der Waals surface area contributed by atoms with Crippen LogP contribution in [-0.4, -0.2) is 18.2 Å². The molecule has 0 spiro atoms. The molecule has 2 heterocycles. The third-order valence-corrected chi connectivity index (χ3v) is 5.08. The van der Waals surface area contributed by atoms with Crippen LogP contribution in [0.25, 0.3) is 11.1 Å². The second-order valence-electron chi connectivity index (χ2n) is 6.04. The zero-order valence-corrected chi connectivity index (χ0v) is 11.5. The van der Waals surface area contributed by atoms with E-state index in [1.807, 2.05) is 13.0 Å². The van der Waals surface area contributed by atoms with Gasteiger partial charge in [-0.25, -0.2) is 4.98 Å². The molecule has 1 aliphatic heterocycles. The lowest BCUT2D eigenvalue weighted by Gasteiger charge is -2.56. The number of benzene rings is 1. The molecule has 2 fully saturated rings. The van der Waals surface area contributed by atoms with Crippen molar-refractivity contribution < 1.29 is 9.15 Å². The Morgan fingerprint density at radius 3 is 2.65 bits per heavy atom. The lowest BCUT2D eigenvalue weighted by molar-refractivity contribution is -0.134. The first-order valence-corrected chi connectivity index (χ1v) is 7.06. The minimum Gasteiger partial charge on any atom is -0.441 e. The first-order chi connectivity index (χ1) is 9.69. The highest BCUT2D eigenvalue weighted by Crippen LogP contribution is 2.58. The van der Waals surface area contributed by atoms with Crippen LogP contribution in [0.3, 0.4) is 0 Å². The Labute approximate surface area is 117 Å². The van der Waals surface area contributed by atoms with Gasteiger partial charge in [-0.05, 0) is 30.5 Å². The van der Waals surface area contributed by atoms with Crippen LogP contribution >= 0.6 is 0 Å². The van der Waals surface area contributed by atoms with E-state index >= 15 is 0 Å². The molecular formula is C16H16N2O2. The van der Waals surface area contributed by atoms with Crippen molar-refractivity contribution in [2.45, 2.75) is 31.6 Å². The summed E-state index contributed by atoms with van der Waals surface area (Å²) in [5.74, 6) is 0.676. The molecule has 20 heavy (non-hydrogen) atoms. The summed E-state index contributed by atoms with van der Waals surface area (Å²) in [7, 11) is 0. The monoisotopic (exact) mass is 268 g/mol. The number of aryl methyl sites for hydroxylation is 1. The van der Waals surface area contributed by atoms with E-state index in [1.54, 1.807) is 0 Å². The minimum atomic E-state index is -0.256. The number of ether oxygens (including phenoxy) is 1. The highest BCUT2D eigenvalue weighted by atomic mass is 16.5. The van der Waals surface area contributed by atoms with Crippen molar-refractivity contribution in [1.82, 2.24) is 4.98 Å². The van der Waals surface area contributed by atoms with E-state index in [-0.39, 0.29) is 10.8 Å². The Hall–Kier alpha value is -1.86. The fourth-order valence-corrected chi connectivity index (χ4v) is 3.59. The van der Waals surface area contributed by atoms with Crippen LogP contribution in [0.5, 0.6) is 0 Å². The Kier molecular flexibility index (Phi) is 2.28. The van der Waals surface area contributed by atoms with Gasteiger partial charge in [-0.1, -0.05) is 12.5 Å². The summed E-state index contributed by atoms with van der Waals surface area (Å²) < 4.78 is 11.1. The van der Waals surface area contributed by atoms with Gasteiger partial charge in [0.15, 0.2) is 11.5 Å². The molecule has 1 aromatic carbocycles. The summed E-state index contributed by atoms with van der Waals surface area (Å²) in [5, 5.41) is 9.67. The number of nitriles is 1. The minimum absolute atomic E-state index is 0.158. The first-order valence-electron chi connectivity index (χ1n) is 7.06. The van der Waals surface area contributed by atoms with E-state index in [9.17, 15) is 5.26 Å². The maximum Gasteiger partial charge on any atom is 0.192 e. The molecule has 4 heteroatoms. The maximum absolute atomic E-state index is 9.67. The van der Waals surface area contributed by atoms with Crippen molar-refractivity contribution in [3.63, 3.8) is 0 Å². The van der Waals surface area contributed by atoms with Gasteiger partial charge in [-0.2, -0.15) is 5.26 Å². The molecule has 0 radical (unpaired) electrons. The first kappa shape index (κ1) is 11.9. The van der Waals surface area contributed by atoms with Gasteiger partial charge in [0.2, 0.25) is 0 Å². The lowest BCUT2D eigenvalue weighted by atomic mass is 9.50. The third kappa shape index (κ3) is 1.31. The fraction of sp³-hybridized carbons (Fsp3) is 0.500. The summed E-state index contributed by atoms with van der Waals surface area (Å²) in [5.41, 5.74) is 2.43. The van der Waals surface area contributed by atoms with Gasteiger partial charge < -0.3 is 9.15 Å². The summed E-state index contributed by atoms with van der Waals surface area (Å²) in [6, 6.07) is 8.71. The van der Waals surface area contributed by atoms with Gasteiger partial charge in [0.05, 0.1) is 30.1 Å². The van der Waals surface area contributed by atoms with E-state index < -0.39 is 0 Å². The topological polar surface area (TPSA) is 59.0 Å². The molecule has 2 aliphatic rings.